The molecule has 22 heavy (non-hydrogen) atoms. The van der Waals surface area contributed by atoms with Gasteiger partial charge in [-0.15, -0.1) is 0 Å². The van der Waals surface area contributed by atoms with E-state index in [0.717, 1.165) is 24.5 Å². The van der Waals surface area contributed by atoms with Crippen molar-refractivity contribution >= 4 is 34.9 Å². The zero-order valence-electron chi connectivity index (χ0n) is 12.5. The van der Waals surface area contributed by atoms with Gasteiger partial charge < -0.3 is 14.5 Å². The fourth-order valence-corrected chi connectivity index (χ4v) is 3.45. The summed E-state index contributed by atoms with van der Waals surface area (Å²) in [6.07, 6.45) is 2.56. The van der Waals surface area contributed by atoms with Crippen LogP contribution >= 0.6 is 11.6 Å². The Balaban J connectivity index is 1.79. The van der Waals surface area contributed by atoms with E-state index >= 15 is 0 Å². The molecule has 3 rings (SSSR count). The van der Waals surface area contributed by atoms with Crippen LogP contribution in [0.4, 0.5) is 11.4 Å². The largest absolute Gasteiger partial charge is 0.469 e. The molecule has 2 saturated heterocycles. The first-order valence-electron chi connectivity index (χ1n) is 7.53. The van der Waals surface area contributed by atoms with Gasteiger partial charge in [-0.1, -0.05) is 11.6 Å². The Bertz CT molecular complexity index is 599. The number of methoxy groups -OCH3 is 1. The molecule has 1 amide bonds. The second-order valence-corrected chi connectivity index (χ2v) is 6.17. The van der Waals surface area contributed by atoms with Crippen molar-refractivity contribution in [3.63, 3.8) is 0 Å². The monoisotopic (exact) mass is 322 g/mol. The van der Waals surface area contributed by atoms with Gasteiger partial charge in [0.05, 0.1) is 23.7 Å². The minimum atomic E-state index is -0.394. The van der Waals surface area contributed by atoms with Gasteiger partial charge in [0.15, 0.2) is 0 Å². The molecule has 0 unspecified atom stereocenters. The molecule has 1 aromatic rings. The number of hydrogen-bond donors (Lipinski definition) is 0. The van der Waals surface area contributed by atoms with Crippen molar-refractivity contribution in [2.75, 3.05) is 36.5 Å². The molecule has 5 nitrogen and oxygen atoms in total. The predicted molar refractivity (Wildman–Crippen MR) is 85.4 cm³/mol. The lowest BCUT2D eigenvalue weighted by Gasteiger charge is -2.22. The molecule has 0 N–H and O–H groups in total. The van der Waals surface area contributed by atoms with E-state index in [1.54, 1.807) is 4.90 Å². The molecular formula is C16H19ClN2O3. The Labute approximate surface area is 134 Å². The zero-order chi connectivity index (χ0) is 15.7. The highest BCUT2D eigenvalue weighted by Crippen LogP contribution is 2.34. The molecule has 2 heterocycles. The number of halogens is 1. The normalized spacial score (nSPS) is 21.5. The van der Waals surface area contributed by atoms with Gasteiger partial charge in [-0.05, 0) is 31.0 Å². The van der Waals surface area contributed by atoms with E-state index in [1.165, 1.54) is 20.0 Å². The first-order chi connectivity index (χ1) is 10.6. The average Bonchev–Trinajstić information content (AvgIpc) is 3.16. The quantitative estimate of drug-likeness (QED) is 0.802. The molecule has 1 aromatic carbocycles. The number of benzene rings is 1. The van der Waals surface area contributed by atoms with Gasteiger partial charge in [0.25, 0.3) is 0 Å². The van der Waals surface area contributed by atoms with E-state index < -0.39 is 5.92 Å². The van der Waals surface area contributed by atoms with E-state index in [2.05, 4.69) is 4.90 Å². The van der Waals surface area contributed by atoms with Crippen LogP contribution in [-0.2, 0) is 14.3 Å². The van der Waals surface area contributed by atoms with Crippen LogP contribution in [0.15, 0.2) is 18.2 Å². The van der Waals surface area contributed by atoms with E-state index in [0.29, 0.717) is 11.6 Å². The zero-order valence-corrected chi connectivity index (χ0v) is 13.3. The maximum atomic E-state index is 12.1. The van der Waals surface area contributed by atoms with E-state index in [9.17, 15) is 9.59 Å². The van der Waals surface area contributed by atoms with E-state index in [1.807, 2.05) is 18.2 Å². The lowest BCUT2D eigenvalue weighted by atomic mass is 10.1. The van der Waals surface area contributed by atoms with Gasteiger partial charge in [-0.2, -0.15) is 0 Å². The Morgan fingerprint density at radius 2 is 2.05 bits per heavy atom. The summed E-state index contributed by atoms with van der Waals surface area (Å²) in [5.41, 5.74) is 1.75. The third kappa shape index (κ3) is 2.77. The summed E-state index contributed by atoms with van der Waals surface area (Å²) in [7, 11) is 1.34. The summed E-state index contributed by atoms with van der Waals surface area (Å²) in [5.74, 6) is -0.800. The Hall–Kier alpha value is -1.75. The van der Waals surface area contributed by atoms with Crippen LogP contribution in [0.3, 0.4) is 0 Å². The fraction of sp³-hybridized carbons (Fsp3) is 0.500. The first kappa shape index (κ1) is 15.2. The topological polar surface area (TPSA) is 49.9 Å². The molecule has 2 aliphatic heterocycles. The average molecular weight is 323 g/mol. The Morgan fingerprint density at radius 3 is 2.68 bits per heavy atom. The summed E-state index contributed by atoms with van der Waals surface area (Å²) in [5, 5.41) is 0.647. The van der Waals surface area contributed by atoms with Gasteiger partial charge >= 0.3 is 5.97 Å². The maximum Gasteiger partial charge on any atom is 0.311 e. The first-order valence-corrected chi connectivity index (χ1v) is 7.90. The van der Waals surface area contributed by atoms with Gasteiger partial charge in [-0.25, -0.2) is 0 Å². The number of rotatable bonds is 3. The SMILES string of the molecule is COC(=O)[C@@H]1CC(=O)N(c2ccc(N3CCCC3)c(Cl)c2)C1. The molecular weight excluding hydrogens is 304 g/mol. The number of esters is 1. The van der Waals surface area contributed by atoms with Crippen molar-refractivity contribution in [2.45, 2.75) is 19.3 Å². The summed E-state index contributed by atoms with van der Waals surface area (Å²) in [6, 6.07) is 5.67. The van der Waals surface area contributed by atoms with Gasteiger partial charge in [0.2, 0.25) is 5.91 Å². The van der Waals surface area contributed by atoms with E-state index in [4.69, 9.17) is 16.3 Å². The highest BCUT2D eigenvalue weighted by molar-refractivity contribution is 6.33. The number of anilines is 2. The molecule has 0 spiro atoms. The number of carbonyl (C=O) groups is 2. The number of hydrogen-bond acceptors (Lipinski definition) is 4. The molecule has 0 aliphatic carbocycles. The minimum absolute atomic E-state index is 0.0691. The van der Waals surface area contributed by atoms with Gasteiger partial charge in [0.1, 0.15) is 0 Å². The third-order valence-corrected chi connectivity index (χ3v) is 4.65. The standard InChI is InChI=1S/C16H19ClN2O3/c1-22-16(21)11-8-15(20)19(10-11)12-4-5-14(13(17)9-12)18-6-2-3-7-18/h4-5,9,11H,2-3,6-8,10H2,1H3/t11-/m1/s1. The molecule has 0 radical (unpaired) electrons. The Kier molecular flexibility index (Phi) is 4.25. The van der Waals surface area contributed by atoms with Gasteiger partial charge in [-0.3, -0.25) is 9.59 Å². The van der Waals surface area contributed by atoms with Crippen molar-refractivity contribution in [2.24, 2.45) is 5.92 Å². The highest BCUT2D eigenvalue weighted by atomic mass is 35.5. The van der Waals surface area contributed by atoms with Crippen LogP contribution in [0.5, 0.6) is 0 Å². The van der Waals surface area contributed by atoms with Crippen LogP contribution in [0.1, 0.15) is 19.3 Å². The lowest BCUT2D eigenvalue weighted by Crippen LogP contribution is -2.26. The maximum absolute atomic E-state index is 12.1. The van der Waals surface area contributed by atoms with Crippen LogP contribution < -0.4 is 9.80 Å². The third-order valence-electron chi connectivity index (χ3n) is 4.35. The van der Waals surface area contributed by atoms with Crippen molar-refractivity contribution in [1.82, 2.24) is 0 Å². The van der Waals surface area contributed by atoms with Crippen LogP contribution in [0, 0.1) is 5.92 Å². The number of nitrogens with zero attached hydrogens (tertiary/aromatic N) is 2. The van der Waals surface area contributed by atoms with Crippen molar-refractivity contribution in [1.29, 1.82) is 0 Å². The fourth-order valence-electron chi connectivity index (χ4n) is 3.16. The summed E-state index contributed by atoms with van der Waals surface area (Å²) < 4.78 is 4.73. The summed E-state index contributed by atoms with van der Waals surface area (Å²) in [4.78, 5) is 27.6. The van der Waals surface area contributed by atoms with Crippen LogP contribution in [0.25, 0.3) is 0 Å². The van der Waals surface area contributed by atoms with Crippen molar-refractivity contribution in [3.8, 4) is 0 Å². The van der Waals surface area contributed by atoms with Crippen LogP contribution in [0.2, 0.25) is 5.02 Å². The van der Waals surface area contributed by atoms with E-state index in [-0.39, 0.29) is 18.3 Å². The minimum Gasteiger partial charge on any atom is -0.469 e. The smallest absolute Gasteiger partial charge is 0.311 e. The Morgan fingerprint density at radius 1 is 1.32 bits per heavy atom. The molecule has 2 aliphatic rings. The molecule has 1 atom stereocenters. The molecule has 118 valence electrons. The van der Waals surface area contributed by atoms with Gasteiger partial charge in [0, 0.05) is 31.7 Å². The number of ether oxygens (including phenoxy) is 1. The summed E-state index contributed by atoms with van der Waals surface area (Å²) >= 11 is 6.39. The molecule has 0 saturated carbocycles. The highest BCUT2D eigenvalue weighted by Gasteiger charge is 2.36. The molecule has 2 fully saturated rings. The molecule has 0 bridgehead atoms. The number of amides is 1. The molecule has 6 heteroatoms. The lowest BCUT2D eigenvalue weighted by molar-refractivity contribution is -0.145. The number of carbonyl (C=O) groups excluding carboxylic acids is 2. The molecule has 0 aromatic heterocycles. The van der Waals surface area contributed by atoms with Crippen LogP contribution in [-0.4, -0.2) is 38.6 Å². The summed E-state index contributed by atoms with van der Waals surface area (Å²) in [6.45, 7) is 2.39. The second kappa shape index (κ2) is 6.16. The predicted octanol–water partition coefficient (Wildman–Crippen LogP) is 2.47. The second-order valence-electron chi connectivity index (χ2n) is 5.76. The van der Waals surface area contributed by atoms with Crippen molar-refractivity contribution in [3.05, 3.63) is 23.2 Å². The van der Waals surface area contributed by atoms with Crippen molar-refractivity contribution < 1.29 is 14.3 Å².